The molecule has 0 fully saturated rings. The van der Waals surface area contributed by atoms with Gasteiger partial charge in [0.25, 0.3) is 0 Å². The lowest BCUT2D eigenvalue weighted by molar-refractivity contribution is -0.121. The fourth-order valence-corrected chi connectivity index (χ4v) is 2.01. The van der Waals surface area contributed by atoms with Crippen LogP contribution in [-0.4, -0.2) is 36.6 Å². The molecular formula is C12H19N3O3S. The number of anilines is 1. The highest BCUT2D eigenvalue weighted by molar-refractivity contribution is 7.13. The normalized spacial score (nSPS) is 12.1. The Balaban J connectivity index is 2.52. The second kappa shape index (κ2) is 7.08. The summed E-state index contributed by atoms with van der Waals surface area (Å²) >= 11 is 1.26. The monoisotopic (exact) mass is 285 g/mol. The number of hydrogen-bond acceptors (Lipinski definition) is 6. The van der Waals surface area contributed by atoms with E-state index in [-0.39, 0.29) is 11.6 Å². The number of ether oxygens (including phenoxy) is 1. The van der Waals surface area contributed by atoms with Crippen LogP contribution in [0.15, 0.2) is 5.38 Å². The van der Waals surface area contributed by atoms with Crippen molar-refractivity contribution in [3.05, 3.63) is 11.1 Å². The number of rotatable bonds is 6. The Kier molecular flexibility index (Phi) is 5.75. The topological polar surface area (TPSA) is 80.3 Å². The lowest BCUT2D eigenvalue weighted by atomic mass is 10.2. The van der Waals surface area contributed by atoms with Gasteiger partial charge in [0, 0.05) is 11.9 Å². The van der Waals surface area contributed by atoms with Gasteiger partial charge in [0.2, 0.25) is 5.91 Å². The predicted molar refractivity (Wildman–Crippen MR) is 74.4 cm³/mol. The molecule has 1 aromatic heterocycles. The van der Waals surface area contributed by atoms with E-state index in [0.717, 1.165) is 0 Å². The molecule has 0 aliphatic rings. The van der Waals surface area contributed by atoms with Crippen LogP contribution in [0, 0.1) is 5.92 Å². The molecule has 0 saturated carbocycles. The van der Waals surface area contributed by atoms with E-state index in [1.807, 2.05) is 13.8 Å². The van der Waals surface area contributed by atoms with Crippen molar-refractivity contribution in [3.8, 4) is 0 Å². The zero-order valence-electron chi connectivity index (χ0n) is 11.5. The van der Waals surface area contributed by atoms with Crippen LogP contribution in [0.2, 0.25) is 0 Å². The molecule has 1 aromatic rings. The predicted octanol–water partition coefficient (Wildman–Crippen LogP) is 1.50. The summed E-state index contributed by atoms with van der Waals surface area (Å²) in [6.45, 7) is 6.44. The van der Waals surface area contributed by atoms with Gasteiger partial charge in [-0.1, -0.05) is 13.8 Å². The third-order valence-electron chi connectivity index (χ3n) is 2.32. The van der Waals surface area contributed by atoms with Crippen molar-refractivity contribution in [1.29, 1.82) is 0 Å². The first-order valence-electron chi connectivity index (χ1n) is 6.02. The first-order chi connectivity index (χ1) is 8.93. The van der Waals surface area contributed by atoms with Crippen molar-refractivity contribution in [2.24, 2.45) is 5.92 Å². The van der Waals surface area contributed by atoms with E-state index in [0.29, 0.717) is 17.6 Å². The first-order valence-corrected chi connectivity index (χ1v) is 6.90. The maximum Gasteiger partial charge on any atom is 0.357 e. The number of thiazole rings is 1. The number of esters is 1. The molecule has 0 bridgehead atoms. The third kappa shape index (κ3) is 4.86. The number of carbonyl (C=O) groups excluding carboxylic acids is 2. The van der Waals surface area contributed by atoms with Crippen LogP contribution in [0.1, 0.15) is 31.3 Å². The van der Waals surface area contributed by atoms with Gasteiger partial charge in [0.1, 0.15) is 6.04 Å². The van der Waals surface area contributed by atoms with E-state index in [9.17, 15) is 9.59 Å². The van der Waals surface area contributed by atoms with Gasteiger partial charge in [-0.3, -0.25) is 4.79 Å². The lowest BCUT2D eigenvalue weighted by Crippen LogP contribution is -2.39. The Hall–Kier alpha value is -1.63. The van der Waals surface area contributed by atoms with E-state index < -0.39 is 12.0 Å². The standard InChI is InChI=1S/C12H19N3O3S/c1-7(2)5-13-10(16)8(3)14-12-15-9(6-19-12)11(17)18-4/h6-8H,5H2,1-4H3,(H,13,16)(H,14,15). The molecule has 106 valence electrons. The van der Waals surface area contributed by atoms with Crippen LogP contribution in [0.3, 0.4) is 0 Å². The molecule has 1 unspecified atom stereocenters. The molecule has 1 rings (SSSR count). The van der Waals surface area contributed by atoms with Crippen molar-refractivity contribution in [2.45, 2.75) is 26.8 Å². The maximum absolute atomic E-state index is 11.8. The molecule has 7 heteroatoms. The zero-order chi connectivity index (χ0) is 14.4. The summed E-state index contributed by atoms with van der Waals surface area (Å²) in [7, 11) is 1.30. The Morgan fingerprint density at radius 1 is 1.42 bits per heavy atom. The Bertz CT molecular complexity index is 445. The van der Waals surface area contributed by atoms with Crippen LogP contribution in [0.5, 0.6) is 0 Å². The average Bonchev–Trinajstić information content (AvgIpc) is 2.83. The van der Waals surface area contributed by atoms with Gasteiger partial charge in [-0.05, 0) is 12.8 Å². The average molecular weight is 285 g/mol. The zero-order valence-corrected chi connectivity index (χ0v) is 12.3. The minimum absolute atomic E-state index is 0.0940. The number of methoxy groups -OCH3 is 1. The van der Waals surface area contributed by atoms with Crippen molar-refractivity contribution in [2.75, 3.05) is 19.0 Å². The highest BCUT2D eigenvalue weighted by atomic mass is 32.1. The molecular weight excluding hydrogens is 266 g/mol. The maximum atomic E-state index is 11.8. The quantitative estimate of drug-likeness (QED) is 0.774. The minimum Gasteiger partial charge on any atom is -0.464 e. The molecule has 1 atom stereocenters. The highest BCUT2D eigenvalue weighted by Crippen LogP contribution is 2.16. The third-order valence-corrected chi connectivity index (χ3v) is 3.09. The second-order valence-electron chi connectivity index (χ2n) is 4.53. The fourth-order valence-electron chi connectivity index (χ4n) is 1.25. The molecule has 0 spiro atoms. The van der Waals surface area contributed by atoms with Crippen LogP contribution >= 0.6 is 11.3 Å². The number of nitrogens with one attached hydrogen (secondary N) is 2. The lowest BCUT2D eigenvalue weighted by Gasteiger charge is -2.14. The van der Waals surface area contributed by atoms with Gasteiger partial charge >= 0.3 is 5.97 Å². The Morgan fingerprint density at radius 2 is 2.11 bits per heavy atom. The second-order valence-corrected chi connectivity index (χ2v) is 5.39. The molecule has 0 radical (unpaired) electrons. The molecule has 0 saturated heterocycles. The summed E-state index contributed by atoms with van der Waals surface area (Å²) < 4.78 is 4.57. The minimum atomic E-state index is -0.485. The smallest absolute Gasteiger partial charge is 0.357 e. The summed E-state index contributed by atoms with van der Waals surface area (Å²) in [5, 5.41) is 7.89. The highest BCUT2D eigenvalue weighted by Gasteiger charge is 2.16. The molecule has 1 amide bonds. The molecule has 1 heterocycles. The van der Waals surface area contributed by atoms with Crippen LogP contribution in [-0.2, 0) is 9.53 Å². The van der Waals surface area contributed by atoms with Crippen LogP contribution < -0.4 is 10.6 Å². The number of carbonyl (C=O) groups is 2. The molecule has 6 nitrogen and oxygen atoms in total. The number of amides is 1. The summed E-state index contributed by atoms with van der Waals surface area (Å²) in [5.41, 5.74) is 0.241. The van der Waals surface area contributed by atoms with E-state index in [1.54, 1.807) is 12.3 Å². The van der Waals surface area contributed by atoms with E-state index in [1.165, 1.54) is 18.4 Å². The summed E-state index contributed by atoms with van der Waals surface area (Å²) in [6.07, 6.45) is 0. The van der Waals surface area contributed by atoms with Gasteiger partial charge in [0.15, 0.2) is 10.8 Å². The Labute approximate surface area is 116 Å². The molecule has 2 N–H and O–H groups in total. The van der Waals surface area contributed by atoms with Crippen molar-refractivity contribution in [3.63, 3.8) is 0 Å². The molecule has 0 aromatic carbocycles. The SMILES string of the molecule is COC(=O)c1csc(NC(C)C(=O)NCC(C)C)n1. The fraction of sp³-hybridized carbons (Fsp3) is 0.583. The van der Waals surface area contributed by atoms with Gasteiger partial charge in [-0.2, -0.15) is 0 Å². The van der Waals surface area contributed by atoms with Gasteiger partial charge in [-0.15, -0.1) is 11.3 Å². The molecule has 0 aliphatic heterocycles. The summed E-state index contributed by atoms with van der Waals surface area (Å²) in [6, 6.07) is -0.407. The van der Waals surface area contributed by atoms with Crippen molar-refractivity contribution >= 4 is 28.3 Å². The van der Waals surface area contributed by atoms with E-state index in [2.05, 4.69) is 20.4 Å². The number of hydrogen-bond donors (Lipinski definition) is 2. The molecule has 0 aliphatic carbocycles. The van der Waals surface area contributed by atoms with Gasteiger partial charge in [-0.25, -0.2) is 9.78 Å². The number of nitrogens with zero attached hydrogens (tertiary/aromatic N) is 1. The van der Waals surface area contributed by atoms with E-state index >= 15 is 0 Å². The first kappa shape index (κ1) is 15.4. The van der Waals surface area contributed by atoms with Crippen molar-refractivity contribution < 1.29 is 14.3 Å². The summed E-state index contributed by atoms with van der Waals surface area (Å²) in [4.78, 5) is 27.1. The van der Waals surface area contributed by atoms with Crippen molar-refractivity contribution in [1.82, 2.24) is 10.3 Å². The number of aromatic nitrogens is 1. The van der Waals surface area contributed by atoms with Crippen LogP contribution in [0.4, 0.5) is 5.13 Å². The summed E-state index contributed by atoms with van der Waals surface area (Å²) in [5.74, 6) is -0.174. The van der Waals surface area contributed by atoms with E-state index in [4.69, 9.17) is 0 Å². The van der Waals surface area contributed by atoms with Gasteiger partial charge in [0.05, 0.1) is 7.11 Å². The largest absolute Gasteiger partial charge is 0.464 e. The molecule has 19 heavy (non-hydrogen) atoms. The van der Waals surface area contributed by atoms with Crippen LogP contribution in [0.25, 0.3) is 0 Å². The van der Waals surface area contributed by atoms with Gasteiger partial charge < -0.3 is 15.4 Å². The Morgan fingerprint density at radius 3 is 2.68 bits per heavy atom.